The number of carbonyl (C=O) groups excluding carboxylic acids is 1. The summed E-state index contributed by atoms with van der Waals surface area (Å²) >= 11 is 0. The van der Waals surface area contributed by atoms with Gasteiger partial charge in [0.15, 0.2) is 9.84 Å². The number of amides is 1. The molecule has 1 amide bonds. The van der Waals surface area contributed by atoms with Gasteiger partial charge in [0, 0.05) is 12.1 Å². The number of aromatic nitrogens is 1. The molecular weight excluding hydrogens is 288 g/mol. The minimum absolute atomic E-state index is 0.0136. The zero-order valence-electron chi connectivity index (χ0n) is 10.8. The minimum Gasteiger partial charge on any atom is -0.481 e. The highest BCUT2D eigenvalue weighted by Gasteiger charge is 2.37. The van der Waals surface area contributed by atoms with Crippen LogP contribution < -0.4 is 0 Å². The number of hydrogen-bond donors (Lipinski definition) is 1. The molecule has 1 N–H and O–H groups in total. The zero-order valence-corrected chi connectivity index (χ0v) is 11.6. The number of aryl methyl sites for hydroxylation is 1. The molecule has 1 aliphatic heterocycles. The highest BCUT2D eigenvalue weighted by atomic mass is 32.2. The molecule has 110 valence electrons. The summed E-state index contributed by atoms with van der Waals surface area (Å²) in [6.45, 7) is 1.59. The van der Waals surface area contributed by atoms with Gasteiger partial charge in [-0.05, 0) is 6.92 Å². The van der Waals surface area contributed by atoms with Crippen molar-refractivity contribution < 1.29 is 27.6 Å². The first kappa shape index (κ1) is 14.5. The largest absolute Gasteiger partial charge is 0.481 e. The molecule has 8 nitrogen and oxygen atoms in total. The molecule has 20 heavy (non-hydrogen) atoms. The average molecular weight is 302 g/mol. The van der Waals surface area contributed by atoms with Gasteiger partial charge >= 0.3 is 5.97 Å². The van der Waals surface area contributed by atoms with Crippen molar-refractivity contribution in [2.45, 2.75) is 19.4 Å². The Kier molecular flexibility index (Phi) is 3.80. The third kappa shape index (κ3) is 2.98. The van der Waals surface area contributed by atoms with Gasteiger partial charge in [0.25, 0.3) is 5.91 Å². The number of carbonyl (C=O) groups is 2. The smallest absolute Gasteiger partial charge is 0.305 e. The maximum Gasteiger partial charge on any atom is 0.305 e. The lowest BCUT2D eigenvalue weighted by molar-refractivity contribution is -0.138. The number of aliphatic carboxylic acids is 1. The summed E-state index contributed by atoms with van der Waals surface area (Å²) in [5.41, 5.74) is 0.525. The van der Waals surface area contributed by atoms with E-state index in [0.717, 1.165) is 0 Å². The lowest BCUT2D eigenvalue weighted by Crippen LogP contribution is -2.52. The summed E-state index contributed by atoms with van der Waals surface area (Å²) in [4.78, 5) is 24.4. The second-order valence-electron chi connectivity index (χ2n) is 4.70. The third-order valence-electron chi connectivity index (χ3n) is 3.14. The van der Waals surface area contributed by atoms with Gasteiger partial charge < -0.3 is 14.5 Å². The van der Waals surface area contributed by atoms with E-state index in [1.807, 2.05) is 0 Å². The highest BCUT2D eigenvalue weighted by Crippen LogP contribution is 2.19. The van der Waals surface area contributed by atoms with Crippen LogP contribution in [0.25, 0.3) is 0 Å². The van der Waals surface area contributed by atoms with Crippen LogP contribution in [-0.4, -0.2) is 59.5 Å². The van der Waals surface area contributed by atoms with E-state index in [4.69, 9.17) is 9.63 Å². The first-order valence-corrected chi connectivity index (χ1v) is 7.77. The molecule has 0 aromatic carbocycles. The van der Waals surface area contributed by atoms with Crippen molar-refractivity contribution in [2.24, 2.45) is 0 Å². The first-order valence-electron chi connectivity index (χ1n) is 5.94. The molecule has 1 saturated heterocycles. The predicted octanol–water partition coefficient (Wildman–Crippen LogP) is -0.303. The number of carboxylic acid groups (broad SMARTS) is 1. The lowest BCUT2D eigenvalue weighted by Gasteiger charge is -2.34. The fraction of sp³-hybridized carbons (Fsp3) is 0.545. The van der Waals surface area contributed by atoms with Crippen LogP contribution in [0.5, 0.6) is 0 Å². The zero-order chi connectivity index (χ0) is 14.9. The van der Waals surface area contributed by atoms with Gasteiger partial charge in [-0.1, -0.05) is 5.16 Å². The summed E-state index contributed by atoms with van der Waals surface area (Å²) < 4.78 is 28.0. The van der Waals surface area contributed by atoms with Crippen molar-refractivity contribution in [3.8, 4) is 0 Å². The third-order valence-corrected chi connectivity index (χ3v) is 4.84. The van der Waals surface area contributed by atoms with Gasteiger partial charge in [-0.15, -0.1) is 0 Å². The molecule has 2 heterocycles. The van der Waals surface area contributed by atoms with Crippen LogP contribution in [0.1, 0.15) is 22.5 Å². The Morgan fingerprint density at radius 2 is 2.25 bits per heavy atom. The summed E-state index contributed by atoms with van der Waals surface area (Å²) in [5, 5.41) is 12.3. The van der Waals surface area contributed by atoms with Crippen molar-refractivity contribution >= 4 is 21.7 Å². The molecule has 0 bridgehead atoms. The van der Waals surface area contributed by atoms with Gasteiger partial charge in [-0.25, -0.2) is 8.42 Å². The van der Waals surface area contributed by atoms with Crippen LogP contribution >= 0.6 is 0 Å². The summed E-state index contributed by atoms with van der Waals surface area (Å²) in [5.74, 6) is -2.19. The number of carboxylic acids is 1. The Morgan fingerprint density at radius 3 is 2.80 bits per heavy atom. The number of sulfone groups is 1. The van der Waals surface area contributed by atoms with E-state index >= 15 is 0 Å². The van der Waals surface area contributed by atoms with Crippen LogP contribution in [0, 0.1) is 6.92 Å². The molecule has 2 rings (SSSR count). The Labute approximate surface area is 115 Å². The average Bonchev–Trinajstić information content (AvgIpc) is 2.73. The highest BCUT2D eigenvalue weighted by molar-refractivity contribution is 7.91. The molecule has 1 fully saturated rings. The van der Waals surface area contributed by atoms with Crippen LogP contribution in [0.3, 0.4) is 0 Å². The molecule has 9 heteroatoms. The second-order valence-corrected chi connectivity index (χ2v) is 6.93. The Bertz CT molecular complexity index is 635. The normalized spacial score (nSPS) is 21.6. The molecule has 1 aromatic heterocycles. The molecule has 0 spiro atoms. The topological polar surface area (TPSA) is 118 Å². The number of nitrogens with zero attached hydrogens (tertiary/aromatic N) is 2. The summed E-state index contributed by atoms with van der Waals surface area (Å²) in [6.07, 6.45) is 0.957. The molecule has 1 atom stereocenters. The molecular formula is C11H14N2O6S. The predicted molar refractivity (Wildman–Crippen MR) is 67.0 cm³/mol. The Hall–Kier alpha value is -1.90. The molecule has 0 aliphatic carbocycles. The first-order chi connectivity index (χ1) is 9.30. The van der Waals surface area contributed by atoms with E-state index in [0.29, 0.717) is 5.56 Å². The van der Waals surface area contributed by atoms with Gasteiger partial charge in [0.2, 0.25) is 5.76 Å². The van der Waals surface area contributed by atoms with Crippen LogP contribution in [0.4, 0.5) is 0 Å². The monoisotopic (exact) mass is 302 g/mol. The van der Waals surface area contributed by atoms with E-state index in [1.165, 1.54) is 11.1 Å². The van der Waals surface area contributed by atoms with Crippen molar-refractivity contribution in [1.29, 1.82) is 0 Å². The molecule has 0 saturated carbocycles. The van der Waals surface area contributed by atoms with Crippen molar-refractivity contribution in [2.75, 3.05) is 18.1 Å². The number of hydrogen-bond acceptors (Lipinski definition) is 6. The molecule has 0 radical (unpaired) electrons. The maximum absolute atomic E-state index is 12.3. The number of rotatable bonds is 3. The standard InChI is InChI=1S/C11H14N2O6S/c1-7-5-12-19-10(7)11(16)13-2-3-20(17,18)6-8(13)4-9(14)15/h5,8H,2-4,6H2,1H3,(H,14,15). The molecule has 1 unspecified atom stereocenters. The van der Waals surface area contributed by atoms with E-state index in [1.54, 1.807) is 6.92 Å². The van der Waals surface area contributed by atoms with E-state index < -0.39 is 34.2 Å². The fourth-order valence-electron chi connectivity index (χ4n) is 2.15. The Morgan fingerprint density at radius 1 is 1.55 bits per heavy atom. The van der Waals surface area contributed by atoms with Crippen LogP contribution in [0.15, 0.2) is 10.7 Å². The van der Waals surface area contributed by atoms with Gasteiger partial charge in [-0.2, -0.15) is 0 Å². The van der Waals surface area contributed by atoms with E-state index in [-0.39, 0.29) is 23.8 Å². The van der Waals surface area contributed by atoms with Crippen molar-refractivity contribution in [3.63, 3.8) is 0 Å². The van der Waals surface area contributed by atoms with Gasteiger partial charge in [0.1, 0.15) is 0 Å². The summed E-state index contributed by atoms with van der Waals surface area (Å²) in [7, 11) is -3.33. The molecule has 1 aromatic rings. The van der Waals surface area contributed by atoms with Crippen molar-refractivity contribution in [1.82, 2.24) is 10.1 Å². The van der Waals surface area contributed by atoms with Gasteiger partial charge in [-0.3, -0.25) is 9.59 Å². The quantitative estimate of drug-likeness (QED) is 0.814. The second kappa shape index (κ2) is 5.23. The maximum atomic E-state index is 12.3. The lowest BCUT2D eigenvalue weighted by atomic mass is 10.1. The van der Waals surface area contributed by atoms with Crippen LogP contribution in [-0.2, 0) is 14.6 Å². The van der Waals surface area contributed by atoms with Gasteiger partial charge in [0.05, 0.1) is 30.2 Å². The molecule has 1 aliphatic rings. The van der Waals surface area contributed by atoms with E-state index in [2.05, 4.69) is 5.16 Å². The summed E-state index contributed by atoms with van der Waals surface area (Å²) in [6, 6.07) is -0.886. The SMILES string of the molecule is Cc1cnoc1C(=O)N1CCS(=O)(=O)CC1CC(=O)O. The van der Waals surface area contributed by atoms with Crippen LogP contribution in [0.2, 0.25) is 0 Å². The van der Waals surface area contributed by atoms with E-state index in [9.17, 15) is 18.0 Å². The Balaban J connectivity index is 2.26. The van der Waals surface area contributed by atoms with Crippen molar-refractivity contribution in [3.05, 3.63) is 17.5 Å². The fourth-order valence-corrected chi connectivity index (χ4v) is 3.68. The minimum atomic E-state index is -3.33.